The lowest BCUT2D eigenvalue weighted by Gasteiger charge is -2.26. The van der Waals surface area contributed by atoms with Gasteiger partial charge in [-0.15, -0.1) is 0 Å². The van der Waals surface area contributed by atoms with E-state index in [1.807, 2.05) is 19.1 Å². The van der Waals surface area contributed by atoms with Gasteiger partial charge in [-0.05, 0) is 36.8 Å². The van der Waals surface area contributed by atoms with Crippen LogP contribution in [0.5, 0.6) is 11.5 Å². The van der Waals surface area contributed by atoms with Crippen molar-refractivity contribution in [1.82, 2.24) is 4.90 Å². The van der Waals surface area contributed by atoms with Gasteiger partial charge < -0.3 is 19.5 Å². The number of ether oxygens (including phenoxy) is 2. The van der Waals surface area contributed by atoms with Crippen molar-refractivity contribution in [2.24, 2.45) is 0 Å². The van der Waals surface area contributed by atoms with E-state index in [4.69, 9.17) is 9.47 Å². The van der Waals surface area contributed by atoms with Crippen LogP contribution in [0, 0.1) is 0 Å². The van der Waals surface area contributed by atoms with E-state index in [2.05, 4.69) is 0 Å². The normalized spacial score (nSPS) is 18.4. The molecule has 3 rings (SSSR count). The van der Waals surface area contributed by atoms with Gasteiger partial charge in [0.1, 0.15) is 17.3 Å². The molecule has 2 aromatic carbocycles. The number of carbonyl (C=O) groups is 2. The number of ketones is 1. The molecule has 0 aromatic heterocycles. The first-order valence-corrected chi connectivity index (χ1v) is 9.09. The molecule has 146 valence electrons. The van der Waals surface area contributed by atoms with Crippen molar-refractivity contribution in [1.29, 1.82) is 0 Å². The van der Waals surface area contributed by atoms with Gasteiger partial charge in [-0.1, -0.05) is 25.1 Å². The van der Waals surface area contributed by atoms with Gasteiger partial charge in [0.25, 0.3) is 11.7 Å². The number of aliphatic hydroxyl groups is 1. The Bertz CT molecular complexity index is 917. The van der Waals surface area contributed by atoms with Crippen LogP contribution >= 0.6 is 0 Å². The lowest BCUT2D eigenvalue weighted by atomic mass is 9.94. The number of methoxy groups -OCH3 is 2. The summed E-state index contributed by atoms with van der Waals surface area (Å²) in [5, 5.41) is 11.0. The average Bonchev–Trinajstić information content (AvgIpc) is 2.98. The van der Waals surface area contributed by atoms with E-state index in [-0.39, 0.29) is 11.3 Å². The van der Waals surface area contributed by atoms with Crippen LogP contribution in [0.3, 0.4) is 0 Å². The Hall–Kier alpha value is -3.28. The molecule has 1 N–H and O–H groups in total. The quantitative estimate of drug-likeness (QED) is 0.471. The summed E-state index contributed by atoms with van der Waals surface area (Å²) < 4.78 is 10.6. The van der Waals surface area contributed by atoms with Crippen molar-refractivity contribution in [3.8, 4) is 11.5 Å². The molecule has 6 heteroatoms. The summed E-state index contributed by atoms with van der Waals surface area (Å²) >= 11 is 0. The number of rotatable bonds is 6. The van der Waals surface area contributed by atoms with E-state index in [0.29, 0.717) is 35.6 Å². The van der Waals surface area contributed by atoms with E-state index in [1.165, 1.54) is 12.0 Å². The van der Waals surface area contributed by atoms with Crippen molar-refractivity contribution < 1.29 is 24.2 Å². The van der Waals surface area contributed by atoms with Crippen molar-refractivity contribution in [3.05, 3.63) is 65.2 Å². The first-order valence-electron chi connectivity index (χ1n) is 9.09. The summed E-state index contributed by atoms with van der Waals surface area (Å²) in [5.74, 6) is -0.346. The van der Waals surface area contributed by atoms with Gasteiger partial charge in [0, 0.05) is 17.7 Å². The molecule has 0 saturated carbocycles. The van der Waals surface area contributed by atoms with Crippen LogP contribution in [0.15, 0.2) is 54.1 Å². The summed E-state index contributed by atoms with van der Waals surface area (Å²) in [6.07, 6.45) is 0.682. The molecule has 0 aliphatic carbocycles. The molecule has 1 saturated heterocycles. The number of carbonyl (C=O) groups excluding carboxylic acids is 2. The maximum Gasteiger partial charge on any atom is 0.295 e. The van der Waals surface area contributed by atoms with E-state index in [9.17, 15) is 14.7 Å². The molecule has 1 unspecified atom stereocenters. The number of aliphatic hydroxyl groups excluding tert-OH is 1. The number of hydrogen-bond acceptors (Lipinski definition) is 5. The minimum absolute atomic E-state index is 0.0631. The molecule has 1 fully saturated rings. The zero-order valence-corrected chi connectivity index (χ0v) is 16.1. The minimum Gasteiger partial charge on any atom is -0.507 e. The van der Waals surface area contributed by atoms with Gasteiger partial charge in [-0.25, -0.2) is 0 Å². The van der Waals surface area contributed by atoms with Gasteiger partial charge in [-0.3, -0.25) is 9.59 Å². The fraction of sp³-hybridized carbons (Fsp3) is 0.273. The van der Waals surface area contributed by atoms with Crippen molar-refractivity contribution in [3.63, 3.8) is 0 Å². The van der Waals surface area contributed by atoms with Gasteiger partial charge >= 0.3 is 0 Å². The summed E-state index contributed by atoms with van der Waals surface area (Å²) in [5.41, 5.74) is 1.16. The number of hydrogen-bond donors (Lipinski definition) is 1. The Balaban J connectivity index is 2.20. The van der Waals surface area contributed by atoms with Crippen LogP contribution in [0.25, 0.3) is 5.76 Å². The lowest BCUT2D eigenvalue weighted by Crippen LogP contribution is -2.30. The fourth-order valence-electron chi connectivity index (χ4n) is 3.47. The van der Waals surface area contributed by atoms with Crippen molar-refractivity contribution in [2.75, 3.05) is 20.8 Å². The highest BCUT2D eigenvalue weighted by atomic mass is 16.5. The highest BCUT2D eigenvalue weighted by Crippen LogP contribution is 2.42. The second-order valence-corrected chi connectivity index (χ2v) is 6.46. The molecular formula is C22H23NO5. The molecule has 1 amide bonds. The predicted octanol–water partition coefficient (Wildman–Crippen LogP) is 3.54. The third-order valence-electron chi connectivity index (χ3n) is 4.80. The fourth-order valence-corrected chi connectivity index (χ4v) is 3.47. The summed E-state index contributed by atoms with van der Waals surface area (Å²) in [6.45, 7) is 2.33. The number of para-hydroxylation sites is 1. The van der Waals surface area contributed by atoms with E-state index in [0.717, 1.165) is 0 Å². The Morgan fingerprint density at radius 2 is 1.71 bits per heavy atom. The maximum absolute atomic E-state index is 12.8. The predicted molar refractivity (Wildman–Crippen MR) is 105 cm³/mol. The summed E-state index contributed by atoms with van der Waals surface area (Å²) in [6, 6.07) is 13.2. The smallest absolute Gasteiger partial charge is 0.295 e. The molecule has 0 spiro atoms. The maximum atomic E-state index is 12.8. The molecular weight excluding hydrogens is 358 g/mol. The van der Waals surface area contributed by atoms with E-state index >= 15 is 0 Å². The molecule has 2 aromatic rings. The Morgan fingerprint density at radius 3 is 2.32 bits per heavy atom. The van der Waals surface area contributed by atoms with Crippen LogP contribution in [-0.4, -0.2) is 42.5 Å². The second-order valence-electron chi connectivity index (χ2n) is 6.46. The van der Waals surface area contributed by atoms with E-state index in [1.54, 1.807) is 43.5 Å². The highest BCUT2D eigenvalue weighted by Gasteiger charge is 2.46. The number of amides is 1. The number of Topliss-reactive ketones (excluding diaryl/α,β-unsaturated/α-hetero) is 1. The minimum atomic E-state index is -0.710. The molecule has 0 radical (unpaired) electrons. The van der Waals surface area contributed by atoms with Gasteiger partial charge in [-0.2, -0.15) is 0 Å². The van der Waals surface area contributed by atoms with Gasteiger partial charge in [0.2, 0.25) is 0 Å². The first-order chi connectivity index (χ1) is 13.5. The van der Waals surface area contributed by atoms with Crippen LogP contribution in [0.1, 0.15) is 30.5 Å². The molecule has 28 heavy (non-hydrogen) atoms. The zero-order valence-electron chi connectivity index (χ0n) is 16.1. The Kier molecular flexibility index (Phi) is 5.68. The van der Waals surface area contributed by atoms with Gasteiger partial charge in [0.05, 0.1) is 25.8 Å². The number of nitrogens with zero attached hydrogens (tertiary/aromatic N) is 1. The lowest BCUT2D eigenvalue weighted by molar-refractivity contribution is -0.139. The topological polar surface area (TPSA) is 76.1 Å². The van der Waals surface area contributed by atoms with Crippen molar-refractivity contribution >= 4 is 17.4 Å². The molecule has 1 aliphatic rings. The Morgan fingerprint density at radius 1 is 1.04 bits per heavy atom. The molecule has 0 bridgehead atoms. The summed E-state index contributed by atoms with van der Waals surface area (Å²) in [4.78, 5) is 27.0. The molecule has 1 aliphatic heterocycles. The van der Waals surface area contributed by atoms with Crippen LogP contribution in [0.2, 0.25) is 0 Å². The number of benzene rings is 2. The highest BCUT2D eigenvalue weighted by molar-refractivity contribution is 6.46. The van der Waals surface area contributed by atoms with Crippen LogP contribution in [0.4, 0.5) is 0 Å². The second kappa shape index (κ2) is 8.17. The first kappa shape index (κ1) is 19.5. The van der Waals surface area contributed by atoms with E-state index < -0.39 is 17.7 Å². The standard InChI is InChI=1S/C22H23NO5/c1-4-13-23-19(16-7-5-6-8-17(16)28-3)18(21(25)22(23)26)20(24)14-9-11-15(27-2)12-10-14/h5-12,19,24H,4,13H2,1-3H3/b20-18-. The van der Waals surface area contributed by atoms with Crippen LogP contribution < -0.4 is 9.47 Å². The monoisotopic (exact) mass is 381 g/mol. The largest absolute Gasteiger partial charge is 0.507 e. The van der Waals surface area contributed by atoms with Gasteiger partial charge in [0.15, 0.2) is 0 Å². The average molecular weight is 381 g/mol. The van der Waals surface area contributed by atoms with Crippen molar-refractivity contribution in [2.45, 2.75) is 19.4 Å². The molecule has 1 atom stereocenters. The molecule has 6 nitrogen and oxygen atoms in total. The Labute approximate surface area is 164 Å². The summed E-state index contributed by atoms with van der Waals surface area (Å²) in [7, 11) is 3.08. The number of likely N-dealkylation sites (tertiary alicyclic amines) is 1. The SMILES string of the molecule is CCCN1C(=O)C(=O)/C(=C(\O)c2ccc(OC)cc2)C1c1ccccc1OC. The zero-order chi connectivity index (χ0) is 20.3. The third-order valence-corrected chi connectivity index (χ3v) is 4.80. The van der Waals surface area contributed by atoms with Crippen LogP contribution in [-0.2, 0) is 9.59 Å². The molecule has 1 heterocycles. The third kappa shape index (κ3) is 3.33.